The zero-order valence-electron chi connectivity index (χ0n) is 9.21. The third-order valence-electron chi connectivity index (χ3n) is 2.32. The lowest BCUT2D eigenvalue weighted by Gasteiger charge is -2.22. The van der Waals surface area contributed by atoms with Gasteiger partial charge in [0.25, 0.3) is 0 Å². The van der Waals surface area contributed by atoms with E-state index in [0.717, 1.165) is 12.2 Å². The summed E-state index contributed by atoms with van der Waals surface area (Å²) < 4.78 is 1.74. The van der Waals surface area contributed by atoms with Gasteiger partial charge in [0.2, 0.25) is 0 Å². The molecule has 82 valence electrons. The smallest absolute Gasteiger partial charge is 0.123 e. The van der Waals surface area contributed by atoms with Crippen LogP contribution in [-0.4, -0.2) is 21.9 Å². The van der Waals surface area contributed by atoms with Gasteiger partial charge in [-0.05, 0) is 20.4 Å². The largest absolute Gasteiger partial charge is 0.298 e. The molecule has 0 radical (unpaired) electrons. The van der Waals surface area contributed by atoms with E-state index in [0.29, 0.717) is 11.6 Å². The molecule has 0 aliphatic rings. The molecular formula is C10H15ClN4. The molecule has 4 nitrogen and oxygen atoms in total. The predicted molar refractivity (Wildman–Crippen MR) is 59.7 cm³/mol. The topological polar surface area (TPSA) is 53.6 Å². The van der Waals surface area contributed by atoms with Crippen LogP contribution in [0, 0.1) is 18.3 Å². The fourth-order valence-corrected chi connectivity index (χ4v) is 1.54. The van der Waals surface area contributed by atoms with Gasteiger partial charge in [-0.25, -0.2) is 0 Å². The summed E-state index contributed by atoms with van der Waals surface area (Å²) in [6.07, 6.45) is 1.60. The monoisotopic (exact) mass is 226 g/mol. The van der Waals surface area contributed by atoms with Crippen molar-refractivity contribution in [1.29, 1.82) is 5.26 Å². The van der Waals surface area contributed by atoms with Crippen molar-refractivity contribution in [3.8, 4) is 6.07 Å². The number of hydrogen-bond acceptors (Lipinski definition) is 3. The quantitative estimate of drug-likeness (QED) is 0.851. The molecule has 1 atom stereocenters. The first-order chi connectivity index (χ1) is 7.02. The zero-order valence-corrected chi connectivity index (χ0v) is 9.97. The molecule has 1 rings (SSSR count). The lowest BCUT2D eigenvalue weighted by atomic mass is 10.1. The Kier molecular flexibility index (Phi) is 3.72. The lowest BCUT2D eigenvalue weighted by molar-refractivity contribution is 0.374. The molecule has 0 spiro atoms. The molecule has 0 saturated heterocycles. The maximum atomic E-state index is 9.09. The Morgan fingerprint density at radius 1 is 1.73 bits per heavy atom. The van der Waals surface area contributed by atoms with Crippen LogP contribution in [0.4, 0.5) is 0 Å². The van der Waals surface area contributed by atoms with Gasteiger partial charge in [0, 0.05) is 0 Å². The minimum atomic E-state index is -0.602. The van der Waals surface area contributed by atoms with Gasteiger partial charge in [0.1, 0.15) is 5.54 Å². The van der Waals surface area contributed by atoms with Gasteiger partial charge in [-0.15, -0.1) is 0 Å². The minimum absolute atomic E-state index is 0.496. The normalized spacial score (nSPS) is 14.6. The Bertz CT molecular complexity index is 379. The van der Waals surface area contributed by atoms with Crippen molar-refractivity contribution < 1.29 is 0 Å². The second-order valence-electron chi connectivity index (χ2n) is 3.71. The number of nitrogens with zero attached hydrogens (tertiary/aromatic N) is 3. The molecule has 0 aliphatic carbocycles. The molecule has 0 saturated carbocycles. The van der Waals surface area contributed by atoms with Crippen molar-refractivity contribution in [2.24, 2.45) is 0 Å². The SMILES string of the molecule is CCNC(C)(C#N)Cn1ncc(Cl)c1C. The van der Waals surface area contributed by atoms with E-state index < -0.39 is 5.54 Å². The Balaban J connectivity index is 2.85. The third kappa shape index (κ3) is 2.71. The van der Waals surface area contributed by atoms with E-state index >= 15 is 0 Å². The highest BCUT2D eigenvalue weighted by atomic mass is 35.5. The van der Waals surface area contributed by atoms with Gasteiger partial charge in [0.15, 0.2) is 0 Å². The lowest BCUT2D eigenvalue weighted by Crippen LogP contribution is -2.44. The number of rotatable bonds is 4. The second kappa shape index (κ2) is 4.65. The number of aromatic nitrogens is 2. The standard InChI is InChI=1S/C10H15ClN4/c1-4-13-10(3,6-12)7-15-8(2)9(11)5-14-15/h5,13H,4,7H2,1-3H3. The van der Waals surface area contributed by atoms with Crippen LogP contribution in [0.15, 0.2) is 6.20 Å². The molecule has 0 amide bonds. The van der Waals surface area contributed by atoms with Gasteiger partial charge < -0.3 is 0 Å². The van der Waals surface area contributed by atoms with Crippen molar-refractivity contribution in [2.75, 3.05) is 6.54 Å². The first-order valence-corrected chi connectivity index (χ1v) is 5.24. The summed E-state index contributed by atoms with van der Waals surface area (Å²) in [7, 11) is 0. The van der Waals surface area contributed by atoms with Crippen molar-refractivity contribution in [1.82, 2.24) is 15.1 Å². The van der Waals surface area contributed by atoms with Crippen LogP contribution in [0.3, 0.4) is 0 Å². The molecule has 0 aliphatic heterocycles. The molecule has 1 unspecified atom stereocenters. The number of halogens is 1. The van der Waals surface area contributed by atoms with E-state index in [2.05, 4.69) is 16.5 Å². The molecule has 1 aromatic rings. The molecule has 0 aromatic carbocycles. The number of likely N-dealkylation sites (N-methyl/N-ethyl adjacent to an activating group) is 1. The fraction of sp³-hybridized carbons (Fsp3) is 0.600. The number of nitriles is 1. The number of nitrogens with one attached hydrogen (secondary N) is 1. The summed E-state index contributed by atoms with van der Waals surface area (Å²) in [5, 5.41) is 17.0. The second-order valence-corrected chi connectivity index (χ2v) is 4.12. The first-order valence-electron chi connectivity index (χ1n) is 4.86. The van der Waals surface area contributed by atoms with E-state index in [1.165, 1.54) is 0 Å². The average Bonchev–Trinajstić information content (AvgIpc) is 2.50. The van der Waals surface area contributed by atoms with Gasteiger partial charge in [-0.2, -0.15) is 10.4 Å². The summed E-state index contributed by atoms with van der Waals surface area (Å²) in [4.78, 5) is 0. The Morgan fingerprint density at radius 2 is 2.40 bits per heavy atom. The Morgan fingerprint density at radius 3 is 2.80 bits per heavy atom. The molecule has 15 heavy (non-hydrogen) atoms. The highest BCUT2D eigenvalue weighted by molar-refractivity contribution is 6.31. The average molecular weight is 227 g/mol. The van der Waals surface area contributed by atoms with Crippen LogP contribution in [-0.2, 0) is 6.54 Å². The summed E-state index contributed by atoms with van der Waals surface area (Å²) >= 11 is 5.89. The molecular weight excluding hydrogens is 212 g/mol. The van der Waals surface area contributed by atoms with Crippen LogP contribution < -0.4 is 5.32 Å². The molecule has 1 heterocycles. The summed E-state index contributed by atoms with van der Waals surface area (Å²) in [6.45, 7) is 6.96. The maximum Gasteiger partial charge on any atom is 0.123 e. The molecule has 1 aromatic heterocycles. The van der Waals surface area contributed by atoms with E-state index in [1.807, 2.05) is 20.8 Å². The van der Waals surface area contributed by atoms with Crippen LogP contribution in [0.1, 0.15) is 19.5 Å². The summed E-state index contributed by atoms with van der Waals surface area (Å²) in [6, 6.07) is 2.25. The van der Waals surface area contributed by atoms with Crippen molar-refractivity contribution in [3.05, 3.63) is 16.9 Å². The van der Waals surface area contributed by atoms with Crippen LogP contribution in [0.25, 0.3) is 0 Å². The van der Waals surface area contributed by atoms with Crippen LogP contribution >= 0.6 is 11.6 Å². The van der Waals surface area contributed by atoms with E-state index in [4.69, 9.17) is 16.9 Å². The molecule has 1 N–H and O–H groups in total. The maximum absolute atomic E-state index is 9.09. The minimum Gasteiger partial charge on any atom is -0.298 e. The molecule has 0 bridgehead atoms. The van der Waals surface area contributed by atoms with E-state index in [1.54, 1.807) is 10.9 Å². The van der Waals surface area contributed by atoms with Crippen molar-refractivity contribution >= 4 is 11.6 Å². The van der Waals surface area contributed by atoms with E-state index in [9.17, 15) is 0 Å². The van der Waals surface area contributed by atoms with Gasteiger partial charge in [-0.3, -0.25) is 10.00 Å². The van der Waals surface area contributed by atoms with Gasteiger partial charge >= 0.3 is 0 Å². The number of hydrogen-bond donors (Lipinski definition) is 1. The summed E-state index contributed by atoms with van der Waals surface area (Å²) in [5.74, 6) is 0. The van der Waals surface area contributed by atoms with E-state index in [-0.39, 0.29) is 0 Å². The zero-order chi connectivity index (χ0) is 11.5. The van der Waals surface area contributed by atoms with Crippen molar-refractivity contribution in [2.45, 2.75) is 32.9 Å². The van der Waals surface area contributed by atoms with Crippen LogP contribution in [0.5, 0.6) is 0 Å². The van der Waals surface area contributed by atoms with Crippen molar-refractivity contribution in [3.63, 3.8) is 0 Å². The Labute approximate surface area is 94.8 Å². The predicted octanol–water partition coefficient (Wildman–Crippen LogP) is 1.74. The fourth-order valence-electron chi connectivity index (χ4n) is 1.40. The highest BCUT2D eigenvalue weighted by Crippen LogP contribution is 2.15. The molecule has 0 fully saturated rings. The summed E-state index contributed by atoms with van der Waals surface area (Å²) in [5.41, 5.74) is 0.283. The van der Waals surface area contributed by atoms with Gasteiger partial charge in [0.05, 0.1) is 29.5 Å². The highest BCUT2D eigenvalue weighted by Gasteiger charge is 2.24. The first kappa shape index (κ1) is 12.0. The third-order valence-corrected chi connectivity index (χ3v) is 2.69. The Hall–Kier alpha value is -1.05. The van der Waals surface area contributed by atoms with Gasteiger partial charge in [-0.1, -0.05) is 18.5 Å². The molecule has 5 heteroatoms. The van der Waals surface area contributed by atoms with Crippen LogP contribution in [0.2, 0.25) is 5.02 Å².